The molecule has 0 aliphatic heterocycles. The van der Waals surface area contributed by atoms with Crippen LogP contribution in [0.5, 0.6) is 0 Å². The summed E-state index contributed by atoms with van der Waals surface area (Å²) in [6.45, 7) is 1.75. The van der Waals surface area contributed by atoms with Crippen molar-refractivity contribution >= 4 is 12.6 Å². The predicted octanol–water partition coefficient (Wildman–Crippen LogP) is 1.52. The molecule has 1 aliphatic rings. The van der Waals surface area contributed by atoms with Gasteiger partial charge in [0.2, 0.25) is 0 Å². The van der Waals surface area contributed by atoms with E-state index in [2.05, 4.69) is 11.9 Å². The monoisotopic (exact) mass is 279 g/mol. The number of nitrogens with zero attached hydrogens (tertiary/aromatic N) is 1. The first kappa shape index (κ1) is 15.5. The summed E-state index contributed by atoms with van der Waals surface area (Å²) in [5.41, 5.74) is 0.862. The molecule has 0 unspecified atom stereocenters. The fourth-order valence-corrected chi connectivity index (χ4v) is 3.08. The molecule has 1 aliphatic carbocycles. The van der Waals surface area contributed by atoms with Gasteiger partial charge in [0, 0.05) is 18.6 Å². The molecule has 2 rings (SSSR count). The summed E-state index contributed by atoms with van der Waals surface area (Å²) in [5.74, 6) is 0.191. The maximum absolute atomic E-state index is 13.4. The lowest BCUT2D eigenvalue weighted by Crippen LogP contribution is -2.34. The van der Waals surface area contributed by atoms with Gasteiger partial charge in [-0.1, -0.05) is 31.4 Å². The molecule has 2 N–H and O–H groups in total. The molecule has 1 aromatic rings. The Labute approximate surface area is 120 Å². The highest BCUT2D eigenvalue weighted by Crippen LogP contribution is 2.24. The van der Waals surface area contributed by atoms with Gasteiger partial charge in [0.1, 0.15) is 5.82 Å². The van der Waals surface area contributed by atoms with E-state index in [1.165, 1.54) is 44.2 Å². The lowest BCUT2D eigenvalue weighted by molar-refractivity contribution is 0.228. The zero-order valence-electron chi connectivity index (χ0n) is 12.1. The molecule has 0 spiro atoms. The first-order valence-electron chi connectivity index (χ1n) is 7.39. The summed E-state index contributed by atoms with van der Waals surface area (Å²) in [6.07, 6.45) is 6.62. The summed E-state index contributed by atoms with van der Waals surface area (Å²) < 4.78 is 13.4. The van der Waals surface area contributed by atoms with Gasteiger partial charge in [0.15, 0.2) is 0 Å². The number of benzene rings is 1. The van der Waals surface area contributed by atoms with Crippen molar-refractivity contribution in [2.45, 2.75) is 38.6 Å². The Kier molecular flexibility index (Phi) is 5.58. The highest BCUT2D eigenvalue weighted by atomic mass is 19.1. The van der Waals surface area contributed by atoms with Gasteiger partial charge in [-0.05, 0) is 37.4 Å². The summed E-state index contributed by atoms with van der Waals surface area (Å²) in [4.78, 5) is 2.23. The molecule has 0 atom stereocenters. The van der Waals surface area contributed by atoms with Crippen LogP contribution in [0.15, 0.2) is 18.2 Å². The smallest absolute Gasteiger partial charge is 0.423 e. The Morgan fingerprint density at radius 2 is 1.95 bits per heavy atom. The van der Waals surface area contributed by atoms with Crippen molar-refractivity contribution in [2.24, 2.45) is 5.92 Å². The van der Waals surface area contributed by atoms with Crippen LogP contribution in [0, 0.1) is 11.7 Å². The standard InChI is InChI=1S/C15H23BFNO2/c1-18(10-12-5-3-2-4-6-12)11-13-7-8-15(17)14(9-13)16(19)20/h7-9,12,19-20H,2-6,10-11H2,1H3. The number of rotatable bonds is 5. The van der Waals surface area contributed by atoms with Gasteiger partial charge >= 0.3 is 7.12 Å². The third kappa shape index (κ3) is 4.30. The van der Waals surface area contributed by atoms with E-state index in [4.69, 9.17) is 10.0 Å². The Bertz CT molecular complexity index is 436. The van der Waals surface area contributed by atoms with Gasteiger partial charge in [-0.3, -0.25) is 0 Å². The highest BCUT2D eigenvalue weighted by Gasteiger charge is 2.18. The maximum Gasteiger partial charge on any atom is 0.491 e. The molecule has 1 fully saturated rings. The van der Waals surface area contributed by atoms with E-state index >= 15 is 0 Å². The molecule has 0 aromatic heterocycles. The first-order valence-corrected chi connectivity index (χ1v) is 7.39. The average molecular weight is 279 g/mol. The van der Waals surface area contributed by atoms with Crippen LogP contribution >= 0.6 is 0 Å². The van der Waals surface area contributed by atoms with E-state index in [9.17, 15) is 4.39 Å². The largest absolute Gasteiger partial charge is 0.491 e. The van der Waals surface area contributed by atoms with Crippen LogP contribution in [0.2, 0.25) is 0 Å². The molecule has 0 radical (unpaired) electrons. The topological polar surface area (TPSA) is 43.7 Å². The van der Waals surface area contributed by atoms with Crippen LogP contribution in [0.1, 0.15) is 37.7 Å². The molecule has 0 saturated heterocycles. The lowest BCUT2D eigenvalue weighted by atomic mass is 9.79. The predicted molar refractivity (Wildman–Crippen MR) is 79.1 cm³/mol. The lowest BCUT2D eigenvalue weighted by Gasteiger charge is -2.27. The molecule has 0 bridgehead atoms. The number of hydrogen-bond donors (Lipinski definition) is 2. The summed E-state index contributed by atoms with van der Waals surface area (Å²) >= 11 is 0. The van der Waals surface area contributed by atoms with Crippen molar-refractivity contribution in [3.8, 4) is 0 Å². The summed E-state index contributed by atoms with van der Waals surface area (Å²) in [7, 11) is 0.311. The Morgan fingerprint density at radius 1 is 1.25 bits per heavy atom. The second kappa shape index (κ2) is 7.20. The average Bonchev–Trinajstić information content (AvgIpc) is 2.41. The zero-order chi connectivity index (χ0) is 14.5. The van der Waals surface area contributed by atoms with E-state index in [1.807, 2.05) is 0 Å². The molecule has 3 nitrogen and oxygen atoms in total. The minimum Gasteiger partial charge on any atom is -0.423 e. The van der Waals surface area contributed by atoms with Gasteiger partial charge < -0.3 is 14.9 Å². The minimum atomic E-state index is -1.75. The number of halogens is 1. The van der Waals surface area contributed by atoms with Crippen molar-refractivity contribution in [3.63, 3.8) is 0 Å². The fourth-order valence-electron chi connectivity index (χ4n) is 3.08. The molecule has 1 saturated carbocycles. The molecule has 0 amide bonds. The molecular formula is C15H23BFNO2. The van der Waals surface area contributed by atoms with Crippen molar-refractivity contribution < 1.29 is 14.4 Å². The second-order valence-electron chi connectivity index (χ2n) is 5.93. The van der Waals surface area contributed by atoms with Gasteiger partial charge in [-0.15, -0.1) is 0 Å². The second-order valence-corrected chi connectivity index (χ2v) is 5.93. The van der Waals surface area contributed by atoms with E-state index in [0.717, 1.165) is 18.0 Å². The molecule has 110 valence electrons. The van der Waals surface area contributed by atoms with Crippen molar-refractivity contribution in [1.82, 2.24) is 4.90 Å². The van der Waals surface area contributed by atoms with Crippen LogP contribution in [-0.2, 0) is 6.54 Å². The van der Waals surface area contributed by atoms with Crippen molar-refractivity contribution in [3.05, 3.63) is 29.6 Å². The van der Waals surface area contributed by atoms with Crippen molar-refractivity contribution in [2.75, 3.05) is 13.6 Å². The van der Waals surface area contributed by atoms with Gasteiger partial charge in [0.05, 0.1) is 0 Å². The van der Waals surface area contributed by atoms with Crippen LogP contribution in [0.3, 0.4) is 0 Å². The Balaban J connectivity index is 1.93. The third-order valence-corrected chi connectivity index (χ3v) is 4.09. The van der Waals surface area contributed by atoms with Gasteiger partial charge in [-0.2, -0.15) is 0 Å². The van der Waals surface area contributed by atoms with Crippen LogP contribution < -0.4 is 5.46 Å². The van der Waals surface area contributed by atoms with E-state index in [1.54, 1.807) is 6.07 Å². The van der Waals surface area contributed by atoms with E-state index in [-0.39, 0.29) is 5.46 Å². The molecule has 0 heterocycles. The fraction of sp³-hybridized carbons (Fsp3) is 0.600. The molecular weight excluding hydrogens is 256 g/mol. The number of hydrogen-bond acceptors (Lipinski definition) is 3. The molecule has 1 aromatic carbocycles. The van der Waals surface area contributed by atoms with E-state index < -0.39 is 12.9 Å². The van der Waals surface area contributed by atoms with E-state index in [0.29, 0.717) is 6.54 Å². The quantitative estimate of drug-likeness (QED) is 0.803. The molecule has 5 heteroatoms. The Morgan fingerprint density at radius 3 is 2.60 bits per heavy atom. The first-order chi connectivity index (χ1) is 9.56. The Hall–Kier alpha value is -0.905. The SMILES string of the molecule is CN(Cc1ccc(F)c(B(O)O)c1)CC1CCCCC1. The molecule has 20 heavy (non-hydrogen) atoms. The van der Waals surface area contributed by atoms with Crippen LogP contribution in [0.4, 0.5) is 4.39 Å². The summed E-state index contributed by atoms with van der Waals surface area (Å²) in [5, 5.41) is 18.3. The van der Waals surface area contributed by atoms with Gasteiger partial charge in [0.25, 0.3) is 0 Å². The van der Waals surface area contributed by atoms with Crippen LogP contribution in [-0.4, -0.2) is 35.7 Å². The van der Waals surface area contributed by atoms with Crippen molar-refractivity contribution in [1.29, 1.82) is 0 Å². The normalized spacial score (nSPS) is 16.6. The van der Waals surface area contributed by atoms with Gasteiger partial charge in [-0.25, -0.2) is 4.39 Å². The zero-order valence-corrected chi connectivity index (χ0v) is 12.1. The maximum atomic E-state index is 13.4. The summed E-state index contributed by atoms with van der Waals surface area (Å²) in [6, 6.07) is 4.55. The van der Waals surface area contributed by atoms with Crippen LogP contribution in [0.25, 0.3) is 0 Å². The third-order valence-electron chi connectivity index (χ3n) is 4.09. The highest BCUT2D eigenvalue weighted by molar-refractivity contribution is 6.58. The minimum absolute atomic E-state index is 0.0476.